The molecule has 18 heavy (non-hydrogen) atoms. The minimum absolute atomic E-state index is 0.312. The fourth-order valence-electron chi connectivity index (χ4n) is 1.87. The number of nitrogens with zero attached hydrogens (tertiary/aromatic N) is 2. The zero-order valence-electron chi connectivity index (χ0n) is 11.8. The van der Waals surface area contributed by atoms with E-state index in [0.717, 1.165) is 42.5 Å². The summed E-state index contributed by atoms with van der Waals surface area (Å²) < 4.78 is 5.97. The lowest BCUT2D eigenvalue weighted by Crippen LogP contribution is -2.26. The first-order valence-corrected chi connectivity index (χ1v) is 6.90. The number of nitrogens with one attached hydrogen (secondary N) is 1. The number of rotatable bonds is 5. The lowest BCUT2D eigenvalue weighted by atomic mass is 9.96. The van der Waals surface area contributed by atoms with E-state index in [1.165, 1.54) is 6.42 Å². The quantitative estimate of drug-likeness (QED) is 0.870. The molecule has 1 heterocycles. The second-order valence-corrected chi connectivity index (χ2v) is 5.22. The van der Waals surface area contributed by atoms with Crippen molar-refractivity contribution in [2.24, 2.45) is 0 Å². The second-order valence-electron chi connectivity index (χ2n) is 5.22. The molecule has 100 valence electrons. The number of hydrogen-bond donors (Lipinski definition) is 1. The maximum absolute atomic E-state index is 5.97. The van der Waals surface area contributed by atoms with E-state index in [1.807, 2.05) is 6.92 Å². The molecule has 0 atom stereocenters. The van der Waals surface area contributed by atoms with Gasteiger partial charge in [0.25, 0.3) is 0 Å². The van der Waals surface area contributed by atoms with Crippen molar-refractivity contribution in [1.29, 1.82) is 0 Å². The Hall–Kier alpha value is -1.32. The number of ether oxygens (including phenoxy) is 1. The number of aromatic nitrogens is 2. The summed E-state index contributed by atoms with van der Waals surface area (Å²) in [6, 6.07) is 0. The Labute approximate surface area is 109 Å². The average Bonchev–Trinajstić information content (AvgIpc) is 2.27. The van der Waals surface area contributed by atoms with E-state index in [2.05, 4.69) is 36.1 Å². The van der Waals surface area contributed by atoms with Gasteiger partial charge in [0.05, 0.1) is 5.56 Å². The molecule has 0 aromatic carbocycles. The lowest BCUT2D eigenvalue weighted by molar-refractivity contribution is 0.113. The molecule has 4 nitrogen and oxygen atoms in total. The Balaban J connectivity index is 2.29. The van der Waals surface area contributed by atoms with Crippen LogP contribution in [0.4, 0.5) is 5.82 Å². The summed E-state index contributed by atoms with van der Waals surface area (Å²) in [5.74, 6) is 2.83. The van der Waals surface area contributed by atoms with Gasteiger partial charge < -0.3 is 10.1 Å². The first-order chi connectivity index (χ1) is 8.61. The van der Waals surface area contributed by atoms with Crippen molar-refractivity contribution >= 4 is 5.82 Å². The van der Waals surface area contributed by atoms with E-state index in [-0.39, 0.29) is 0 Å². The van der Waals surface area contributed by atoms with Crippen LogP contribution in [0.3, 0.4) is 0 Å². The molecule has 0 bridgehead atoms. The monoisotopic (exact) mass is 249 g/mol. The lowest BCUT2D eigenvalue weighted by Gasteiger charge is -2.27. The predicted octanol–water partition coefficient (Wildman–Crippen LogP) is 3.27. The normalized spacial score (nSPS) is 15.6. The number of anilines is 1. The van der Waals surface area contributed by atoms with Crippen molar-refractivity contribution in [3.63, 3.8) is 0 Å². The molecule has 1 aromatic heterocycles. The molecule has 0 radical (unpaired) electrons. The highest BCUT2D eigenvalue weighted by atomic mass is 16.5. The molecular formula is C14H23N3O. The predicted molar refractivity (Wildman–Crippen MR) is 73.3 cm³/mol. The van der Waals surface area contributed by atoms with Gasteiger partial charge in [-0.1, -0.05) is 13.8 Å². The molecule has 0 unspecified atom stereocenters. The maximum Gasteiger partial charge on any atom is 0.222 e. The summed E-state index contributed by atoms with van der Waals surface area (Å²) in [4.78, 5) is 9.13. The van der Waals surface area contributed by atoms with Crippen molar-refractivity contribution in [3.05, 3.63) is 11.4 Å². The fourth-order valence-corrected chi connectivity index (χ4v) is 1.87. The molecular weight excluding hydrogens is 226 g/mol. The Morgan fingerprint density at radius 3 is 2.56 bits per heavy atom. The molecule has 1 N–H and O–H groups in total. The molecule has 2 rings (SSSR count). The van der Waals surface area contributed by atoms with Gasteiger partial charge in [0.15, 0.2) is 0 Å². The van der Waals surface area contributed by atoms with Gasteiger partial charge >= 0.3 is 0 Å². The van der Waals surface area contributed by atoms with E-state index >= 15 is 0 Å². The summed E-state index contributed by atoms with van der Waals surface area (Å²) in [6.07, 6.45) is 3.92. The molecule has 0 saturated heterocycles. The van der Waals surface area contributed by atoms with Crippen molar-refractivity contribution < 1.29 is 4.74 Å². The van der Waals surface area contributed by atoms with Crippen LogP contribution < -0.4 is 10.1 Å². The average molecular weight is 249 g/mol. The van der Waals surface area contributed by atoms with Crippen LogP contribution in [0.2, 0.25) is 0 Å². The molecule has 4 heteroatoms. The zero-order chi connectivity index (χ0) is 13.1. The molecule has 0 amide bonds. The van der Waals surface area contributed by atoms with Gasteiger partial charge in [0.1, 0.15) is 17.7 Å². The van der Waals surface area contributed by atoms with Crippen LogP contribution in [0.1, 0.15) is 57.3 Å². The van der Waals surface area contributed by atoms with Crippen molar-refractivity contribution in [1.82, 2.24) is 9.97 Å². The highest BCUT2D eigenvalue weighted by molar-refractivity contribution is 5.48. The van der Waals surface area contributed by atoms with Gasteiger partial charge in [-0.15, -0.1) is 0 Å². The van der Waals surface area contributed by atoms with Crippen LogP contribution in [0.5, 0.6) is 5.88 Å². The van der Waals surface area contributed by atoms with Crippen molar-refractivity contribution in [2.45, 2.75) is 59.0 Å². The Morgan fingerprint density at radius 2 is 2.06 bits per heavy atom. The van der Waals surface area contributed by atoms with Crippen molar-refractivity contribution in [2.75, 3.05) is 11.9 Å². The van der Waals surface area contributed by atoms with E-state index in [4.69, 9.17) is 4.74 Å². The van der Waals surface area contributed by atoms with E-state index < -0.39 is 0 Å². The smallest absolute Gasteiger partial charge is 0.222 e. The van der Waals surface area contributed by atoms with Gasteiger partial charge in [0.2, 0.25) is 5.88 Å². The van der Waals surface area contributed by atoms with E-state index in [1.54, 1.807) is 0 Å². The Morgan fingerprint density at radius 1 is 1.33 bits per heavy atom. The molecule has 0 spiro atoms. The summed E-state index contributed by atoms with van der Waals surface area (Å²) in [5, 5.41) is 3.29. The topological polar surface area (TPSA) is 47.0 Å². The van der Waals surface area contributed by atoms with Crippen molar-refractivity contribution in [3.8, 4) is 5.88 Å². The molecule has 0 aliphatic heterocycles. The molecule has 1 saturated carbocycles. The third-order valence-corrected chi connectivity index (χ3v) is 3.31. The third-order valence-electron chi connectivity index (χ3n) is 3.31. The van der Waals surface area contributed by atoms with Gasteiger partial charge in [-0.25, -0.2) is 4.98 Å². The summed E-state index contributed by atoms with van der Waals surface area (Å²) >= 11 is 0. The molecule has 1 fully saturated rings. The van der Waals surface area contributed by atoms with Crippen LogP contribution in [-0.4, -0.2) is 22.6 Å². The largest absolute Gasteiger partial charge is 0.474 e. The Kier molecular flexibility index (Phi) is 4.04. The van der Waals surface area contributed by atoms with E-state index in [9.17, 15) is 0 Å². The molecule has 1 aromatic rings. The van der Waals surface area contributed by atoms with Crippen LogP contribution in [0.15, 0.2) is 0 Å². The SMILES string of the molecule is CCNc1nc(C(C)C)nc(OC2CCC2)c1C. The minimum Gasteiger partial charge on any atom is -0.474 e. The maximum atomic E-state index is 5.97. The first kappa shape index (κ1) is 13.1. The fraction of sp³-hybridized carbons (Fsp3) is 0.714. The molecule has 1 aliphatic carbocycles. The highest BCUT2D eigenvalue weighted by Crippen LogP contribution is 2.29. The standard InChI is InChI=1S/C14H23N3O/c1-5-15-13-10(4)14(18-11-7-6-8-11)17-12(16-13)9(2)3/h9,11H,5-8H2,1-4H3,(H,15,16,17). The third kappa shape index (κ3) is 2.74. The van der Waals surface area contributed by atoms with Crippen LogP contribution in [-0.2, 0) is 0 Å². The van der Waals surface area contributed by atoms with Gasteiger partial charge in [0, 0.05) is 12.5 Å². The van der Waals surface area contributed by atoms with Crippen LogP contribution in [0.25, 0.3) is 0 Å². The summed E-state index contributed by atoms with van der Waals surface area (Å²) in [6.45, 7) is 9.17. The van der Waals surface area contributed by atoms with Crippen LogP contribution in [0, 0.1) is 6.92 Å². The van der Waals surface area contributed by atoms with Gasteiger partial charge in [-0.05, 0) is 33.1 Å². The minimum atomic E-state index is 0.312. The first-order valence-electron chi connectivity index (χ1n) is 6.90. The number of hydrogen-bond acceptors (Lipinski definition) is 4. The van der Waals surface area contributed by atoms with E-state index in [0.29, 0.717) is 12.0 Å². The summed E-state index contributed by atoms with van der Waals surface area (Å²) in [5.41, 5.74) is 1.02. The Bertz CT molecular complexity index is 414. The van der Waals surface area contributed by atoms with Crippen LogP contribution >= 0.6 is 0 Å². The molecule has 1 aliphatic rings. The highest BCUT2D eigenvalue weighted by Gasteiger charge is 2.22. The van der Waals surface area contributed by atoms with Gasteiger partial charge in [-0.3, -0.25) is 0 Å². The van der Waals surface area contributed by atoms with Gasteiger partial charge in [-0.2, -0.15) is 4.98 Å². The summed E-state index contributed by atoms with van der Waals surface area (Å²) in [7, 11) is 0. The second kappa shape index (κ2) is 5.55. The zero-order valence-corrected chi connectivity index (χ0v) is 11.8.